The number of hydrogen-bond donors (Lipinski definition) is 0. The van der Waals surface area contributed by atoms with Gasteiger partial charge in [0.1, 0.15) is 4.88 Å². The lowest BCUT2D eigenvalue weighted by molar-refractivity contribution is 0.0991. The number of nitrogens with zero attached hydrogens (tertiary/aromatic N) is 3. The SMILES string of the molecule is CCN(C(=O)c1snnc1C)c1cccc(C)c1. The van der Waals surface area contributed by atoms with Crippen molar-refractivity contribution in [2.24, 2.45) is 0 Å². The number of rotatable bonds is 3. The summed E-state index contributed by atoms with van der Waals surface area (Å²) in [5.41, 5.74) is 2.74. The molecule has 94 valence electrons. The zero-order valence-electron chi connectivity index (χ0n) is 10.7. The molecule has 0 spiro atoms. The molecule has 0 aliphatic rings. The molecule has 0 N–H and O–H groups in total. The fraction of sp³-hybridized carbons (Fsp3) is 0.308. The van der Waals surface area contributed by atoms with E-state index in [9.17, 15) is 4.79 Å². The highest BCUT2D eigenvalue weighted by molar-refractivity contribution is 7.08. The Morgan fingerprint density at radius 3 is 2.72 bits per heavy atom. The number of carbonyl (C=O) groups excluding carboxylic acids is 1. The quantitative estimate of drug-likeness (QED) is 0.853. The summed E-state index contributed by atoms with van der Waals surface area (Å²) in [5.74, 6) is -0.0319. The summed E-state index contributed by atoms with van der Waals surface area (Å²) in [7, 11) is 0. The second-order valence-electron chi connectivity index (χ2n) is 4.08. The maximum atomic E-state index is 12.4. The topological polar surface area (TPSA) is 46.1 Å². The van der Waals surface area contributed by atoms with Crippen LogP contribution in [0.1, 0.15) is 27.9 Å². The number of hydrogen-bond acceptors (Lipinski definition) is 4. The van der Waals surface area contributed by atoms with Crippen molar-refractivity contribution >= 4 is 23.1 Å². The molecule has 2 aromatic rings. The predicted octanol–water partition coefficient (Wildman–Crippen LogP) is 2.82. The van der Waals surface area contributed by atoms with Crippen molar-refractivity contribution in [1.82, 2.24) is 9.59 Å². The van der Waals surface area contributed by atoms with Crippen LogP contribution in [0.4, 0.5) is 5.69 Å². The van der Waals surface area contributed by atoms with E-state index in [2.05, 4.69) is 9.59 Å². The molecule has 4 nitrogen and oxygen atoms in total. The molecule has 0 atom stereocenters. The van der Waals surface area contributed by atoms with E-state index < -0.39 is 0 Å². The first-order valence-electron chi connectivity index (χ1n) is 5.81. The van der Waals surface area contributed by atoms with Crippen molar-refractivity contribution in [1.29, 1.82) is 0 Å². The molecule has 5 heteroatoms. The average molecular weight is 261 g/mol. The van der Waals surface area contributed by atoms with Crippen LogP contribution in [0.2, 0.25) is 0 Å². The average Bonchev–Trinajstić information content (AvgIpc) is 2.76. The van der Waals surface area contributed by atoms with Gasteiger partial charge in [-0.25, -0.2) is 0 Å². The zero-order valence-corrected chi connectivity index (χ0v) is 11.5. The van der Waals surface area contributed by atoms with E-state index >= 15 is 0 Å². The van der Waals surface area contributed by atoms with Gasteiger partial charge in [0.25, 0.3) is 5.91 Å². The van der Waals surface area contributed by atoms with Crippen LogP contribution < -0.4 is 4.90 Å². The Bertz CT molecular complexity index is 565. The van der Waals surface area contributed by atoms with Crippen LogP contribution in [0.15, 0.2) is 24.3 Å². The minimum absolute atomic E-state index is 0.0319. The third-order valence-corrected chi connectivity index (χ3v) is 3.54. The minimum atomic E-state index is -0.0319. The highest BCUT2D eigenvalue weighted by Crippen LogP contribution is 2.20. The van der Waals surface area contributed by atoms with Gasteiger partial charge < -0.3 is 4.90 Å². The molecule has 0 aliphatic heterocycles. The Morgan fingerprint density at radius 1 is 1.39 bits per heavy atom. The van der Waals surface area contributed by atoms with Crippen LogP contribution in [0.5, 0.6) is 0 Å². The molecule has 0 unspecified atom stereocenters. The zero-order chi connectivity index (χ0) is 13.1. The summed E-state index contributed by atoms with van der Waals surface area (Å²) in [6.45, 7) is 6.41. The Hall–Kier alpha value is -1.75. The van der Waals surface area contributed by atoms with E-state index in [-0.39, 0.29) is 5.91 Å². The molecule has 0 fully saturated rings. The highest BCUT2D eigenvalue weighted by atomic mass is 32.1. The van der Waals surface area contributed by atoms with Crippen LogP contribution in [-0.4, -0.2) is 22.0 Å². The van der Waals surface area contributed by atoms with E-state index in [1.165, 1.54) is 0 Å². The van der Waals surface area contributed by atoms with Gasteiger partial charge in [-0.2, -0.15) is 0 Å². The smallest absolute Gasteiger partial charge is 0.271 e. The summed E-state index contributed by atoms with van der Waals surface area (Å²) in [6, 6.07) is 7.92. The lowest BCUT2D eigenvalue weighted by Gasteiger charge is -2.20. The van der Waals surface area contributed by atoms with Crippen molar-refractivity contribution in [3.63, 3.8) is 0 Å². The molecule has 1 amide bonds. The molecule has 2 rings (SSSR count). The highest BCUT2D eigenvalue weighted by Gasteiger charge is 2.20. The van der Waals surface area contributed by atoms with Crippen LogP contribution >= 0.6 is 11.5 Å². The van der Waals surface area contributed by atoms with Gasteiger partial charge in [-0.1, -0.05) is 16.6 Å². The van der Waals surface area contributed by atoms with Crippen molar-refractivity contribution < 1.29 is 4.79 Å². The van der Waals surface area contributed by atoms with Crippen molar-refractivity contribution in [2.45, 2.75) is 20.8 Å². The molecule has 0 aliphatic carbocycles. The number of aryl methyl sites for hydroxylation is 2. The van der Waals surface area contributed by atoms with E-state index in [1.807, 2.05) is 38.1 Å². The summed E-state index contributed by atoms with van der Waals surface area (Å²) in [5, 5.41) is 3.89. The van der Waals surface area contributed by atoms with E-state index in [4.69, 9.17) is 0 Å². The Kier molecular flexibility index (Phi) is 3.72. The Labute approximate surface area is 110 Å². The van der Waals surface area contributed by atoms with Gasteiger partial charge >= 0.3 is 0 Å². The van der Waals surface area contributed by atoms with Crippen molar-refractivity contribution in [2.75, 3.05) is 11.4 Å². The summed E-state index contributed by atoms with van der Waals surface area (Å²) >= 11 is 1.15. The van der Waals surface area contributed by atoms with Crippen LogP contribution in [0, 0.1) is 13.8 Å². The van der Waals surface area contributed by atoms with E-state index in [0.29, 0.717) is 17.1 Å². The van der Waals surface area contributed by atoms with Gasteiger partial charge in [0.15, 0.2) is 0 Å². The fourth-order valence-electron chi connectivity index (χ4n) is 1.79. The lowest BCUT2D eigenvalue weighted by Crippen LogP contribution is -2.30. The molecule has 0 saturated heterocycles. The lowest BCUT2D eigenvalue weighted by atomic mass is 10.2. The number of anilines is 1. The van der Waals surface area contributed by atoms with Gasteiger partial charge in [0.2, 0.25) is 0 Å². The normalized spacial score (nSPS) is 10.4. The van der Waals surface area contributed by atoms with Gasteiger partial charge in [-0.05, 0) is 50.0 Å². The first-order chi connectivity index (χ1) is 8.63. The number of amides is 1. The first kappa shape index (κ1) is 12.7. The largest absolute Gasteiger partial charge is 0.308 e. The number of aromatic nitrogens is 2. The Morgan fingerprint density at radius 2 is 2.17 bits per heavy atom. The predicted molar refractivity (Wildman–Crippen MR) is 73.2 cm³/mol. The monoisotopic (exact) mass is 261 g/mol. The molecule has 1 aromatic heterocycles. The van der Waals surface area contributed by atoms with Gasteiger partial charge in [-0.3, -0.25) is 4.79 Å². The second kappa shape index (κ2) is 5.27. The van der Waals surface area contributed by atoms with E-state index in [1.54, 1.807) is 11.8 Å². The molecular formula is C13H15N3OS. The van der Waals surface area contributed by atoms with Gasteiger partial charge in [-0.15, -0.1) is 5.10 Å². The second-order valence-corrected chi connectivity index (χ2v) is 4.83. The van der Waals surface area contributed by atoms with Crippen LogP contribution in [0.25, 0.3) is 0 Å². The fourth-order valence-corrected chi connectivity index (χ4v) is 2.40. The third kappa shape index (κ3) is 2.41. The number of carbonyl (C=O) groups is 1. The minimum Gasteiger partial charge on any atom is -0.308 e. The standard InChI is InChI=1S/C13H15N3OS/c1-4-16(11-7-5-6-9(2)8-11)13(17)12-10(3)14-15-18-12/h5-8H,4H2,1-3H3. The molecule has 0 saturated carbocycles. The summed E-state index contributed by atoms with van der Waals surface area (Å²) in [6.07, 6.45) is 0. The van der Waals surface area contributed by atoms with Crippen molar-refractivity contribution in [3.8, 4) is 0 Å². The van der Waals surface area contributed by atoms with E-state index in [0.717, 1.165) is 22.8 Å². The summed E-state index contributed by atoms with van der Waals surface area (Å²) in [4.78, 5) is 14.8. The molecule has 0 bridgehead atoms. The maximum absolute atomic E-state index is 12.4. The molecule has 0 radical (unpaired) electrons. The van der Waals surface area contributed by atoms with Crippen LogP contribution in [-0.2, 0) is 0 Å². The van der Waals surface area contributed by atoms with Crippen LogP contribution in [0.3, 0.4) is 0 Å². The van der Waals surface area contributed by atoms with Crippen molar-refractivity contribution in [3.05, 3.63) is 40.4 Å². The molecule has 18 heavy (non-hydrogen) atoms. The molecule has 1 heterocycles. The van der Waals surface area contributed by atoms with Gasteiger partial charge in [0, 0.05) is 12.2 Å². The Balaban J connectivity index is 2.35. The third-order valence-electron chi connectivity index (χ3n) is 2.72. The van der Waals surface area contributed by atoms with Gasteiger partial charge in [0.05, 0.1) is 5.69 Å². The number of benzene rings is 1. The summed E-state index contributed by atoms with van der Waals surface area (Å²) < 4.78 is 3.81. The molecule has 1 aromatic carbocycles. The maximum Gasteiger partial charge on any atom is 0.271 e. The molecular weight excluding hydrogens is 246 g/mol. The first-order valence-corrected chi connectivity index (χ1v) is 6.58.